The molecule has 1 aromatic carbocycles. The van der Waals surface area contributed by atoms with Gasteiger partial charge < -0.3 is 4.57 Å². The maximum Gasteiger partial charge on any atom is 0.191 e. The largest absolute Gasteiger partial charge is 0.302 e. The predicted octanol–water partition coefficient (Wildman–Crippen LogP) is 5.82. The highest BCUT2D eigenvalue weighted by atomic mass is 35.5. The Kier molecular flexibility index (Phi) is 6.01. The lowest BCUT2D eigenvalue weighted by molar-refractivity contribution is 0.569. The number of hydrogen-bond acceptors (Lipinski definition) is 3. The molecule has 0 amide bonds. The smallest absolute Gasteiger partial charge is 0.191 e. The lowest BCUT2D eigenvalue weighted by Crippen LogP contribution is -2.05. The van der Waals surface area contributed by atoms with Crippen molar-refractivity contribution in [3.8, 4) is 11.4 Å². The number of hydrogen-bond donors (Lipinski definition) is 0. The molecule has 0 atom stereocenters. The zero-order chi connectivity index (χ0) is 16.1. The quantitative estimate of drug-likeness (QED) is 0.590. The molecule has 1 aromatic heterocycles. The number of halogens is 1. The zero-order valence-corrected chi connectivity index (χ0v) is 15.2. The summed E-state index contributed by atoms with van der Waals surface area (Å²) >= 11 is 7.93. The lowest BCUT2D eigenvalue weighted by Gasteiger charge is -2.12. The summed E-state index contributed by atoms with van der Waals surface area (Å²) in [6.07, 6.45) is 8.96. The van der Waals surface area contributed by atoms with E-state index in [0.717, 1.165) is 28.1 Å². The van der Waals surface area contributed by atoms with Crippen LogP contribution in [0.1, 0.15) is 51.9 Å². The Bertz CT molecular complexity index is 618. The number of nitrogens with zero attached hydrogens (tertiary/aromatic N) is 3. The molecular formula is C18H24ClN3S. The van der Waals surface area contributed by atoms with Crippen molar-refractivity contribution >= 4 is 23.4 Å². The van der Waals surface area contributed by atoms with Crippen molar-refractivity contribution in [3.63, 3.8) is 0 Å². The minimum Gasteiger partial charge on any atom is -0.302 e. The van der Waals surface area contributed by atoms with E-state index in [1.165, 1.54) is 44.9 Å². The maximum atomic E-state index is 6.01. The third-order valence-corrected chi connectivity index (χ3v) is 5.95. The second-order valence-electron chi connectivity index (χ2n) is 6.20. The lowest BCUT2D eigenvalue weighted by atomic mass is 10.2. The summed E-state index contributed by atoms with van der Waals surface area (Å²) in [6.45, 7) is 3.23. The van der Waals surface area contributed by atoms with Crippen LogP contribution < -0.4 is 0 Å². The van der Waals surface area contributed by atoms with Crippen LogP contribution in [-0.4, -0.2) is 20.0 Å². The van der Waals surface area contributed by atoms with Crippen LogP contribution in [0.3, 0.4) is 0 Å². The van der Waals surface area contributed by atoms with Crippen LogP contribution in [-0.2, 0) is 6.54 Å². The van der Waals surface area contributed by atoms with Gasteiger partial charge in [0.05, 0.1) is 0 Å². The van der Waals surface area contributed by atoms with Gasteiger partial charge in [-0.15, -0.1) is 10.2 Å². The highest BCUT2D eigenvalue weighted by Crippen LogP contribution is 2.35. The Morgan fingerprint density at radius 1 is 1.13 bits per heavy atom. The van der Waals surface area contributed by atoms with Crippen molar-refractivity contribution in [2.24, 2.45) is 0 Å². The summed E-state index contributed by atoms with van der Waals surface area (Å²) in [5.74, 6) is 0.971. The third kappa shape index (κ3) is 4.30. The van der Waals surface area contributed by atoms with Gasteiger partial charge in [-0.1, -0.05) is 56.0 Å². The van der Waals surface area contributed by atoms with Gasteiger partial charge in [0, 0.05) is 22.4 Å². The summed E-state index contributed by atoms with van der Waals surface area (Å²) in [7, 11) is 0. The van der Waals surface area contributed by atoms with Gasteiger partial charge >= 0.3 is 0 Å². The van der Waals surface area contributed by atoms with Crippen LogP contribution in [0.5, 0.6) is 0 Å². The van der Waals surface area contributed by atoms with E-state index in [2.05, 4.69) is 21.7 Å². The fourth-order valence-corrected chi connectivity index (χ4v) is 4.45. The number of aromatic nitrogens is 3. The molecule has 2 aromatic rings. The fraction of sp³-hybridized carbons (Fsp3) is 0.556. The summed E-state index contributed by atoms with van der Waals surface area (Å²) < 4.78 is 2.31. The third-order valence-electron chi connectivity index (χ3n) is 4.38. The van der Waals surface area contributed by atoms with E-state index in [9.17, 15) is 0 Å². The first-order chi connectivity index (χ1) is 11.3. The van der Waals surface area contributed by atoms with Gasteiger partial charge in [0.1, 0.15) is 0 Å². The Morgan fingerprint density at radius 2 is 1.87 bits per heavy atom. The maximum absolute atomic E-state index is 6.01. The second kappa shape index (κ2) is 8.20. The topological polar surface area (TPSA) is 30.7 Å². The molecule has 1 saturated carbocycles. The van der Waals surface area contributed by atoms with Crippen LogP contribution >= 0.6 is 23.4 Å². The summed E-state index contributed by atoms with van der Waals surface area (Å²) in [4.78, 5) is 0. The standard InChI is InChI=1S/C18H24ClN3S/c1-2-3-6-13-22-17(14-9-11-15(19)12-10-14)20-21-18(22)23-16-7-4-5-8-16/h9-12,16H,2-8,13H2,1H3. The van der Waals surface area contributed by atoms with Crippen molar-refractivity contribution in [3.05, 3.63) is 29.3 Å². The minimum absolute atomic E-state index is 0.710. The van der Waals surface area contributed by atoms with Gasteiger partial charge in [-0.05, 0) is 43.5 Å². The van der Waals surface area contributed by atoms with Crippen molar-refractivity contribution in [2.75, 3.05) is 0 Å². The fourth-order valence-electron chi connectivity index (χ4n) is 3.07. The Hall–Kier alpha value is -1.00. The first-order valence-corrected chi connectivity index (χ1v) is 9.89. The van der Waals surface area contributed by atoms with E-state index in [0.29, 0.717) is 5.25 Å². The molecular weight excluding hydrogens is 326 g/mol. The van der Waals surface area contributed by atoms with Crippen molar-refractivity contribution in [2.45, 2.75) is 68.8 Å². The SMILES string of the molecule is CCCCCn1c(SC2CCCC2)nnc1-c1ccc(Cl)cc1. The molecule has 3 rings (SSSR count). The van der Waals surface area contributed by atoms with Gasteiger partial charge in [0.15, 0.2) is 11.0 Å². The van der Waals surface area contributed by atoms with Crippen LogP contribution in [0.15, 0.2) is 29.4 Å². The summed E-state index contributed by atoms with van der Waals surface area (Å²) in [5.41, 5.74) is 1.09. The van der Waals surface area contributed by atoms with E-state index in [1.54, 1.807) is 0 Å². The van der Waals surface area contributed by atoms with Gasteiger partial charge in [-0.25, -0.2) is 0 Å². The minimum atomic E-state index is 0.710. The first kappa shape index (κ1) is 16.8. The molecule has 0 unspecified atom stereocenters. The van der Waals surface area contributed by atoms with Crippen molar-refractivity contribution < 1.29 is 0 Å². The molecule has 0 N–H and O–H groups in total. The number of thioether (sulfide) groups is 1. The van der Waals surface area contributed by atoms with Gasteiger partial charge in [0.2, 0.25) is 0 Å². The zero-order valence-electron chi connectivity index (χ0n) is 13.7. The molecule has 1 aliphatic carbocycles. The van der Waals surface area contributed by atoms with E-state index in [4.69, 9.17) is 11.6 Å². The van der Waals surface area contributed by atoms with Gasteiger partial charge in [-0.3, -0.25) is 0 Å². The molecule has 1 aliphatic rings. The first-order valence-electron chi connectivity index (χ1n) is 8.63. The molecule has 0 aliphatic heterocycles. The number of rotatable bonds is 7. The molecule has 0 spiro atoms. The van der Waals surface area contributed by atoms with Gasteiger partial charge in [-0.2, -0.15) is 0 Å². The van der Waals surface area contributed by atoms with Crippen molar-refractivity contribution in [1.82, 2.24) is 14.8 Å². The van der Waals surface area contributed by atoms with Crippen LogP contribution in [0, 0.1) is 0 Å². The molecule has 0 bridgehead atoms. The number of benzene rings is 1. The van der Waals surface area contributed by atoms with Crippen molar-refractivity contribution in [1.29, 1.82) is 0 Å². The average molecular weight is 350 g/mol. The van der Waals surface area contributed by atoms with E-state index < -0.39 is 0 Å². The molecule has 1 fully saturated rings. The molecule has 0 saturated heterocycles. The second-order valence-corrected chi connectivity index (χ2v) is 7.90. The molecule has 0 radical (unpaired) electrons. The highest BCUT2D eigenvalue weighted by Gasteiger charge is 2.21. The molecule has 3 nitrogen and oxygen atoms in total. The predicted molar refractivity (Wildman–Crippen MR) is 98.1 cm³/mol. The monoisotopic (exact) mass is 349 g/mol. The summed E-state index contributed by atoms with van der Waals surface area (Å²) in [6, 6.07) is 7.91. The normalized spacial score (nSPS) is 15.4. The highest BCUT2D eigenvalue weighted by molar-refractivity contribution is 7.99. The molecule has 1 heterocycles. The van der Waals surface area contributed by atoms with Gasteiger partial charge in [0.25, 0.3) is 0 Å². The number of unbranched alkanes of at least 4 members (excludes halogenated alkanes) is 2. The van der Waals surface area contributed by atoms with Crippen LogP contribution in [0.2, 0.25) is 5.02 Å². The van der Waals surface area contributed by atoms with E-state index >= 15 is 0 Å². The molecule has 23 heavy (non-hydrogen) atoms. The van der Waals surface area contributed by atoms with Crippen LogP contribution in [0.25, 0.3) is 11.4 Å². The van der Waals surface area contributed by atoms with Crippen LogP contribution in [0.4, 0.5) is 0 Å². The average Bonchev–Trinajstić information content (AvgIpc) is 3.20. The Morgan fingerprint density at radius 3 is 2.57 bits per heavy atom. The van der Waals surface area contributed by atoms with E-state index in [-0.39, 0.29) is 0 Å². The Labute approximate surface area is 147 Å². The van der Waals surface area contributed by atoms with E-state index in [1.807, 2.05) is 36.0 Å². The molecule has 5 heteroatoms. The Balaban J connectivity index is 1.84. The molecule has 124 valence electrons. The summed E-state index contributed by atoms with van der Waals surface area (Å²) in [5, 5.41) is 11.5.